The largest absolute Gasteiger partial charge is 0.497 e. The van der Waals surface area contributed by atoms with E-state index in [1.807, 2.05) is 0 Å². The summed E-state index contributed by atoms with van der Waals surface area (Å²) >= 11 is 12.8. The van der Waals surface area contributed by atoms with Crippen molar-refractivity contribution < 1.29 is 38.4 Å². The fourth-order valence-electron chi connectivity index (χ4n) is 4.57. The second-order valence-electron chi connectivity index (χ2n) is 8.64. The van der Waals surface area contributed by atoms with Gasteiger partial charge in [0.05, 0.1) is 47.1 Å². The number of carboxylic acids is 1. The average molecular weight is 576 g/mol. The van der Waals surface area contributed by atoms with Crippen molar-refractivity contribution in [3.05, 3.63) is 75.3 Å². The van der Waals surface area contributed by atoms with Crippen LogP contribution in [0.3, 0.4) is 0 Å². The highest BCUT2D eigenvalue weighted by Gasteiger charge is 2.39. The number of aliphatic carboxylic acids is 1. The number of carboxylic acid groups (broad SMARTS) is 1. The van der Waals surface area contributed by atoms with Gasteiger partial charge in [0.25, 0.3) is 5.91 Å². The Balaban J connectivity index is 1.94. The molecular weight excluding hydrogens is 549 g/mol. The minimum absolute atomic E-state index is 0.0584. The zero-order valence-corrected chi connectivity index (χ0v) is 23.2. The molecular formula is C28H27Cl2NO8. The molecule has 0 fully saturated rings. The van der Waals surface area contributed by atoms with Crippen molar-refractivity contribution in [3.63, 3.8) is 0 Å². The molecule has 0 saturated carbocycles. The summed E-state index contributed by atoms with van der Waals surface area (Å²) in [6, 6.07) is 13.5. The number of fused-ring (bicyclic) bond motifs is 1. The van der Waals surface area contributed by atoms with Gasteiger partial charge in [-0.1, -0.05) is 23.2 Å². The number of carbonyl (C=O) groups is 2. The Bertz CT molecular complexity index is 1400. The lowest BCUT2D eigenvalue weighted by atomic mass is 9.97. The summed E-state index contributed by atoms with van der Waals surface area (Å²) in [4.78, 5) is 27.2. The van der Waals surface area contributed by atoms with Gasteiger partial charge in [0.2, 0.25) is 0 Å². The van der Waals surface area contributed by atoms with Gasteiger partial charge in [-0.25, -0.2) is 0 Å². The van der Waals surface area contributed by atoms with E-state index in [9.17, 15) is 14.7 Å². The topological polar surface area (TPSA) is 104 Å². The maximum atomic E-state index is 13.9. The van der Waals surface area contributed by atoms with Crippen LogP contribution in [0.1, 0.15) is 29.2 Å². The van der Waals surface area contributed by atoms with Gasteiger partial charge in [0.1, 0.15) is 23.7 Å². The van der Waals surface area contributed by atoms with Crippen molar-refractivity contribution in [1.29, 1.82) is 0 Å². The van der Waals surface area contributed by atoms with E-state index < -0.39 is 30.5 Å². The minimum atomic E-state index is -1.35. The van der Waals surface area contributed by atoms with Gasteiger partial charge in [-0.15, -0.1) is 0 Å². The number of halogens is 2. The van der Waals surface area contributed by atoms with Crippen LogP contribution in [0, 0.1) is 0 Å². The van der Waals surface area contributed by atoms with Crippen LogP contribution in [0.2, 0.25) is 10.0 Å². The van der Waals surface area contributed by atoms with E-state index in [2.05, 4.69) is 0 Å². The van der Waals surface area contributed by atoms with Crippen LogP contribution in [0.5, 0.6) is 23.0 Å². The monoisotopic (exact) mass is 575 g/mol. The second-order valence-corrected chi connectivity index (χ2v) is 9.51. The van der Waals surface area contributed by atoms with E-state index in [0.29, 0.717) is 55.4 Å². The molecule has 0 aromatic heterocycles. The molecule has 1 heterocycles. The number of methoxy groups -OCH3 is 4. The molecule has 39 heavy (non-hydrogen) atoms. The SMILES string of the molecule is COc1ccc(CN2C(=O)C(CC(=O)O)OC(c3cc(Cl)cc(OC)c3OC)c3cc(Cl)ccc32)c(OC)c1. The molecule has 0 spiro atoms. The summed E-state index contributed by atoms with van der Waals surface area (Å²) in [6.07, 6.45) is -2.90. The predicted molar refractivity (Wildman–Crippen MR) is 146 cm³/mol. The predicted octanol–water partition coefficient (Wildman–Crippen LogP) is 5.52. The lowest BCUT2D eigenvalue weighted by Gasteiger charge is -2.26. The first kappa shape index (κ1) is 28.4. The van der Waals surface area contributed by atoms with E-state index in [4.69, 9.17) is 46.9 Å². The number of anilines is 1. The molecule has 9 nitrogen and oxygen atoms in total. The van der Waals surface area contributed by atoms with Crippen molar-refractivity contribution in [2.45, 2.75) is 25.2 Å². The van der Waals surface area contributed by atoms with Crippen molar-refractivity contribution in [3.8, 4) is 23.0 Å². The fraction of sp³-hybridized carbons (Fsp3) is 0.286. The third kappa shape index (κ3) is 5.85. The molecule has 1 aliphatic rings. The second kappa shape index (κ2) is 12.0. The highest BCUT2D eigenvalue weighted by atomic mass is 35.5. The molecule has 1 aliphatic heterocycles. The first-order chi connectivity index (χ1) is 18.7. The van der Waals surface area contributed by atoms with Crippen LogP contribution in [-0.2, 0) is 20.9 Å². The minimum Gasteiger partial charge on any atom is -0.497 e. The Morgan fingerprint density at radius 2 is 1.62 bits per heavy atom. The van der Waals surface area contributed by atoms with Gasteiger partial charge in [-0.2, -0.15) is 0 Å². The number of amides is 1. The molecule has 0 radical (unpaired) electrons. The molecule has 3 aromatic carbocycles. The molecule has 0 bridgehead atoms. The normalized spacial score (nSPS) is 16.8. The summed E-state index contributed by atoms with van der Waals surface area (Å²) in [5.74, 6) is -0.000436. The maximum Gasteiger partial charge on any atom is 0.306 e. The average Bonchev–Trinajstić information content (AvgIpc) is 3.02. The maximum absolute atomic E-state index is 13.9. The molecule has 1 N–H and O–H groups in total. The van der Waals surface area contributed by atoms with Crippen LogP contribution in [-0.4, -0.2) is 51.5 Å². The van der Waals surface area contributed by atoms with E-state index in [-0.39, 0.29) is 6.54 Å². The van der Waals surface area contributed by atoms with Crippen LogP contribution in [0.4, 0.5) is 5.69 Å². The van der Waals surface area contributed by atoms with Crippen LogP contribution in [0.15, 0.2) is 48.5 Å². The van der Waals surface area contributed by atoms with Crippen LogP contribution < -0.4 is 23.8 Å². The van der Waals surface area contributed by atoms with E-state index in [1.54, 1.807) is 55.6 Å². The van der Waals surface area contributed by atoms with Gasteiger partial charge >= 0.3 is 5.97 Å². The third-order valence-electron chi connectivity index (χ3n) is 6.34. The van der Waals surface area contributed by atoms with Gasteiger partial charge in [0, 0.05) is 38.9 Å². The van der Waals surface area contributed by atoms with Crippen LogP contribution in [0.25, 0.3) is 0 Å². The number of nitrogens with zero attached hydrogens (tertiary/aromatic N) is 1. The van der Waals surface area contributed by atoms with Gasteiger partial charge in [-0.3, -0.25) is 9.59 Å². The molecule has 2 atom stereocenters. The van der Waals surface area contributed by atoms with Gasteiger partial charge < -0.3 is 33.7 Å². The number of hydrogen-bond acceptors (Lipinski definition) is 7. The molecule has 11 heteroatoms. The zero-order valence-electron chi connectivity index (χ0n) is 21.7. The Kier molecular flexibility index (Phi) is 8.74. The summed E-state index contributed by atoms with van der Waals surface area (Å²) in [5.41, 5.74) is 2.10. The lowest BCUT2D eigenvalue weighted by Crippen LogP contribution is -2.40. The summed E-state index contributed by atoms with van der Waals surface area (Å²) in [6.45, 7) is 0.0584. The third-order valence-corrected chi connectivity index (χ3v) is 6.80. The van der Waals surface area contributed by atoms with Gasteiger partial charge in [0.15, 0.2) is 11.5 Å². The Morgan fingerprint density at radius 1 is 0.897 bits per heavy atom. The summed E-state index contributed by atoms with van der Waals surface area (Å²) < 4.78 is 28.2. The molecule has 206 valence electrons. The van der Waals surface area contributed by atoms with E-state index in [1.165, 1.54) is 26.2 Å². The molecule has 1 amide bonds. The molecule has 0 aliphatic carbocycles. The smallest absolute Gasteiger partial charge is 0.306 e. The van der Waals surface area contributed by atoms with Crippen molar-refractivity contribution in [2.75, 3.05) is 33.3 Å². The lowest BCUT2D eigenvalue weighted by molar-refractivity contribution is -0.147. The zero-order chi connectivity index (χ0) is 28.3. The first-order valence-electron chi connectivity index (χ1n) is 11.8. The van der Waals surface area contributed by atoms with E-state index in [0.717, 1.165) is 0 Å². The van der Waals surface area contributed by atoms with Crippen molar-refractivity contribution in [1.82, 2.24) is 0 Å². The van der Waals surface area contributed by atoms with Crippen molar-refractivity contribution >= 4 is 40.8 Å². The quantitative estimate of drug-likeness (QED) is 0.355. The van der Waals surface area contributed by atoms with Gasteiger partial charge in [-0.05, 0) is 36.4 Å². The first-order valence-corrected chi connectivity index (χ1v) is 12.6. The molecule has 4 rings (SSSR count). The van der Waals surface area contributed by atoms with Crippen LogP contribution >= 0.6 is 23.2 Å². The number of hydrogen-bond donors (Lipinski definition) is 1. The molecule has 2 unspecified atom stereocenters. The summed E-state index contributed by atoms with van der Waals surface area (Å²) in [5, 5.41) is 10.4. The van der Waals surface area contributed by atoms with Crippen molar-refractivity contribution in [2.24, 2.45) is 0 Å². The number of ether oxygens (including phenoxy) is 5. The highest BCUT2D eigenvalue weighted by molar-refractivity contribution is 6.31. The standard InChI is InChI=1S/C28H27Cl2NO8/c1-35-18-7-5-15(22(12-18)36-2)14-31-21-8-6-16(29)9-19(21)26(39-24(28(31)34)13-25(32)33)20-10-17(30)11-23(37-3)27(20)38-4/h5-12,24,26H,13-14H2,1-4H3,(H,32,33). The Morgan fingerprint density at radius 3 is 2.26 bits per heavy atom. The number of carbonyl (C=O) groups excluding carboxylic acids is 1. The molecule has 0 saturated heterocycles. The Labute approximate surface area is 235 Å². The number of rotatable bonds is 9. The Hall–Kier alpha value is -3.66. The summed E-state index contributed by atoms with van der Waals surface area (Å²) in [7, 11) is 5.99. The highest BCUT2D eigenvalue weighted by Crippen LogP contribution is 2.47. The number of benzene rings is 3. The molecule has 3 aromatic rings. The van der Waals surface area contributed by atoms with E-state index >= 15 is 0 Å². The fourth-order valence-corrected chi connectivity index (χ4v) is 4.97.